The largest absolute Gasteiger partial charge is 0.339 e. The number of aromatic nitrogens is 2. The molecule has 2 fully saturated rings. The number of hydrogen-bond donors (Lipinski definition) is 0. The lowest BCUT2D eigenvalue weighted by Gasteiger charge is -2.37. The lowest BCUT2D eigenvalue weighted by atomic mass is 10.0. The number of carbonyl (C=O) groups is 1. The first-order chi connectivity index (χ1) is 10.6. The summed E-state index contributed by atoms with van der Waals surface area (Å²) in [6.07, 6.45) is 4.68. The Morgan fingerprint density at radius 2 is 1.82 bits per heavy atom. The molecule has 0 N–H and O–H groups in total. The van der Waals surface area contributed by atoms with E-state index in [4.69, 9.17) is 0 Å². The summed E-state index contributed by atoms with van der Waals surface area (Å²) >= 11 is 0. The highest BCUT2D eigenvalue weighted by atomic mass is 32.2. The van der Waals surface area contributed by atoms with Gasteiger partial charge in [-0.15, -0.1) is 0 Å². The maximum absolute atomic E-state index is 12.5. The first-order valence-electron chi connectivity index (χ1n) is 7.56. The van der Waals surface area contributed by atoms with E-state index >= 15 is 0 Å². The van der Waals surface area contributed by atoms with E-state index in [2.05, 4.69) is 9.97 Å². The van der Waals surface area contributed by atoms with Crippen molar-refractivity contribution in [1.29, 1.82) is 0 Å². The highest BCUT2D eigenvalue weighted by Crippen LogP contribution is 2.21. The Morgan fingerprint density at radius 1 is 1.14 bits per heavy atom. The Hall–Kier alpha value is -1.70. The van der Waals surface area contributed by atoms with Gasteiger partial charge in [-0.05, 0) is 18.9 Å². The predicted molar refractivity (Wildman–Crippen MR) is 82.2 cm³/mol. The van der Waals surface area contributed by atoms with Crippen LogP contribution in [-0.4, -0.2) is 66.9 Å². The van der Waals surface area contributed by atoms with E-state index < -0.39 is 9.84 Å². The molecule has 0 bridgehead atoms. The molecule has 2 aliphatic heterocycles. The van der Waals surface area contributed by atoms with Gasteiger partial charge in [0.2, 0.25) is 11.9 Å². The van der Waals surface area contributed by atoms with Gasteiger partial charge in [0.05, 0.1) is 17.4 Å². The van der Waals surface area contributed by atoms with Crippen LogP contribution in [-0.2, 0) is 14.6 Å². The second-order valence-electron chi connectivity index (χ2n) is 5.81. The molecule has 1 aromatic heterocycles. The van der Waals surface area contributed by atoms with Crippen LogP contribution in [0.4, 0.5) is 5.95 Å². The molecule has 1 aromatic rings. The van der Waals surface area contributed by atoms with Gasteiger partial charge in [0.25, 0.3) is 0 Å². The van der Waals surface area contributed by atoms with Gasteiger partial charge in [-0.2, -0.15) is 0 Å². The zero-order valence-corrected chi connectivity index (χ0v) is 13.2. The van der Waals surface area contributed by atoms with Crippen molar-refractivity contribution in [3.63, 3.8) is 0 Å². The maximum Gasteiger partial charge on any atom is 0.226 e. The van der Waals surface area contributed by atoms with Gasteiger partial charge in [-0.1, -0.05) is 0 Å². The molecule has 3 heterocycles. The van der Waals surface area contributed by atoms with Crippen molar-refractivity contribution in [3.8, 4) is 0 Å². The molecule has 0 aliphatic carbocycles. The third kappa shape index (κ3) is 3.37. The van der Waals surface area contributed by atoms with Crippen molar-refractivity contribution in [2.75, 3.05) is 42.6 Å². The molecule has 120 valence electrons. The van der Waals surface area contributed by atoms with E-state index in [-0.39, 0.29) is 23.3 Å². The summed E-state index contributed by atoms with van der Waals surface area (Å²) < 4.78 is 23.4. The molecule has 0 saturated carbocycles. The molecule has 2 saturated heterocycles. The molecule has 22 heavy (non-hydrogen) atoms. The Kier molecular flexibility index (Phi) is 4.28. The Bertz CT molecular complexity index is 627. The van der Waals surface area contributed by atoms with E-state index in [1.807, 2.05) is 4.90 Å². The number of rotatable bonds is 2. The molecule has 1 unspecified atom stereocenters. The van der Waals surface area contributed by atoms with Crippen LogP contribution in [0.3, 0.4) is 0 Å². The topological polar surface area (TPSA) is 83.5 Å². The lowest BCUT2D eigenvalue weighted by molar-refractivity contribution is -0.135. The van der Waals surface area contributed by atoms with Gasteiger partial charge in [-0.3, -0.25) is 4.79 Å². The summed E-state index contributed by atoms with van der Waals surface area (Å²) in [4.78, 5) is 24.7. The highest BCUT2D eigenvalue weighted by Gasteiger charge is 2.33. The minimum absolute atomic E-state index is 0.00778. The SMILES string of the molecule is O=C(C1CCCS(=O)(=O)C1)N1CCN(c2ncccn2)CC1. The Morgan fingerprint density at radius 3 is 2.45 bits per heavy atom. The van der Waals surface area contributed by atoms with Crippen LogP contribution in [0.5, 0.6) is 0 Å². The summed E-state index contributed by atoms with van der Waals surface area (Å²) in [5, 5.41) is 0. The van der Waals surface area contributed by atoms with Gasteiger partial charge in [0.15, 0.2) is 9.84 Å². The van der Waals surface area contributed by atoms with E-state index in [9.17, 15) is 13.2 Å². The van der Waals surface area contributed by atoms with Crippen LogP contribution in [0.2, 0.25) is 0 Å². The van der Waals surface area contributed by atoms with Gasteiger partial charge in [0, 0.05) is 38.6 Å². The smallest absolute Gasteiger partial charge is 0.226 e. The van der Waals surface area contributed by atoms with Crippen molar-refractivity contribution >= 4 is 21.7 Å². The summed E-state index contributed by atoms with van der Waals surface area (Å²) in [6.45, 7) is 2.53. The fourth-order valence-electron chi connectivity index (χ4n) is 3.06. The van der Waals surface area contributed by atoms with E-state index in [0.29, 0.717) is 45.0 Å². The number of anilines is 1. The number of nitrogens with zero attached hydrogens (tertiary/aromatic N) is 4. The van der Waals surface area contributed by atoms with Gasteiger partial charge < -0.3 is 9.80 Å². The first kappa shape index (κ1) is 15.2. The van der Waals surface area contributed by atoms with E-state index in [1.165, 1.54) is 0 Å². The lowest BCUT2D eigenvalue weighted by Crippen LogP contribution is -2.52. The monoisotopic (exact) mass is 324 g/mol. The van der Waals surface area contributed by atoms with Crippen LogP contribution in [0.25, 0.3) is 0 Å². The molecule has 0 spiro atoms. The van der Waals surface area contributed by atoms with Crippen LogP contribution < -0.4 is 4.90 Å². The normalized spacial score (nSPS) is 25.0. The molecule has 1 amide bonds. The number of piperazine rings is 1. The zero-order valence-electron chi connectivity index (χ0n) is 12.4. The van der Waals surface area contributed by atoms with Crippen LogP contribution in [0.15, 0.2) is 18.5 Å². The second kappa shape index (κ2) is 6.20. The van der Waals surface area contributed by atoms with Gasteiger partial charge >= 0.3 is 0 Å². The average Bonchev–Trinajstić information content (AvgIpc) is 2.54. The van der Waals surface area contributed by atoms with Crippen LogP contribution >= 0.6 is 0 Å². The number of amides is 1. The predicted octanol–water partition coefficient (Wildman–Crippen LogP) is -0.0500. The molecule has 0 radical (unpaired) electrons. The Balaban J connectivity index is 1.58. The standard InChI is InChI=1S/C14H20N4O3S/c19-13(12-3-1-10-22(20,21)11-12)17-6-8-18(9-7-17)14-15-4-2-5-16-14/h2,4-5,12H,1,3,6-11H2. The van der Waals surface area contributed by atoms with Crippen molar-refractivity contribution in [2.45, 2.75) is 12.8 Å². The second-order valence-corrected chi connectivity index (χ2v) is 8.04. The third-order valence-electron chi connectivity index (χ3n) is 4.24. The van der Waals surface area contributed by atoms with Gasteiger partial charge in [-0.25, -0.2) is 18.4 Å². The first-order valence-corrected chi connectivity index (χ1v) is 9.38. The van der Waals surface area contributed by atoms with E-state index in [0.717, 1.165) is 0 Å². The minimum atomic E-state index is -3.05. The van der Waals surface area contributed by atoms with Gasteiger partial charge in [0.1, 0.15) is 0 Å². The van der Waals surface area contributed by atoms with Crippen LogP contribution in [0.1, 0.15) is 12.8 Å². The molecular weight excluding hydrogens is 304 g/mol. The van der Waals surface area contributed by atoms with Crippen molar-refractivity contribution in [1.82, 2.24) is 14.9 Å². The summed E-state index contributed by atoms with van der Waals surface area (Å²) in [7, 11) is -3.05. The summed E-state index contributed by atoms with van der Waals surface area (Å²) in [5.74, 6) is 0.522. The molecule has 8 heteroatoms. The molecule has 1 atom stereocenters. The van der Waals surface area contributed by atoms with E-state index in [1.54, 1.807) is 23.4 Å². The highest BCUT2D eigenvalue weighted by molar-refractivity contribution is 7.91. The Labute approximate surface area is 130 Å². The van der Waals surface area contributed by atoms with Crippen molar-refractivity contribution in [3.05, 3.63) is 18.5 Å². The number of sulfone groups is 1. The fourth-order valence-corrected chi connectivity index (χ4v) is 4.75. The molecule has 7 nitrogen and oxygen atoms in total. The fraction of sp³-hybridized carbons (Fsp3) is 0.643. The van der Waals surface area contributed by atoms with Crippen molar-refractivity contribution < 1.29 is 13.2 Å². The average molecular weight is 324 g/mol. The van der Waals surface area contributed by atoms with Crippen molar-refractivity contribution in [2.24, 2.45) is 5.92 Å². The molecule has 0 aromatic carbocycles. The summed E-state index contributed by atoms with van der Waals surface area (Å²) in [5.41, 5.74) is 0. The molecule has 3 rings (SSSR count). The minimum Gasteiger partial charge on any atom is -0.339 e. The maximum atomic E-state index is 12.5. The number of carbonyl (C=O) groups excluding carboxylic acids is 1. The van der Waals surface area contributed by atoms with Crippen LogP contribution in [0, 0.1) is 5.92 Å². The molecule has 2 aliphatic rings. The summed E-state index contributed by atoms with van der Waals surface area (Å²) in [6, 6.07) is 1.77. The number of hydrogen-bond acceptors (Lipinski definition) is 6. The third-order valence-corrected chi connectivity index (χ3v) is 6.06. The molecular formula is C14H20N4O3S. The quantitative estimate of drug-likeness (QED) is 0.758. The zero-order chi connectivity index (χ0) is 15.6.